The average molecular weight is 183 g/mol. The van der Waals surface area contributed by atoms with Crippen LogP contribution >= 0.6 is 11.3 Å². The van der Waals surface area contributed by atoms with Crippen LogP contribution in [0.3, 0.4) is 0 Å². The van der Waals surface area contributed by atoms with E-state index in [2.05, 4.69) is 6.92 Å². The minimum atomic E-state index is -0.224. The minimum absolute atomic E-state index is 0.224. The Balaban J connectivity index is 2.30. The van der Waals surface area contributed by atoms with Crippen LogP contribution in [0.25, 0.3) is 0 Å². The van der Waals surface area contributed by atoms with Crippen molar-refractivity contribution >= 4 is 17.3 Å². The maximum Gasteiger partial charge on any atom is 0.348 e. The smallest absolute Gasteiger partial charge is 0.348 e. The molecular formula is C9H11O2S. The van der Waals surface area contributed by atoms with Gasteiger partial charge < -0.3 is 4.74 Å². The lowest BCUT2D eigenvalue weighted by Gasteiger charge is -2.00. The third kappa shape index (κ3) is 2.66. The van der Waals surface area contributed by atoms with Crippen LogP contribution in [0.2, 0.25) is 0 Å². The summed E-state index contributed by atoms with van der Waals surface area (Å²) < 4.78 is 4.96. The van der Waals surface area contributed by atoms with Crippen LogP contribution < -0.4 is 0 Å². The Bertz CT molecular complexity index is 229. The highest BCUT2D eigenvalue weighted by atomic mass is 32.1. The molecule has 0 aromatic carbocycles. The molecule has 1 heterocycles. The molecule has 0 atom stereocenters. The van der Waals surface area contributed by atoms with Crippen molar-refractivity contribution in [3.63, 3.8) is 0 Å². The fourth-order valence-corrected chi connectivity index (χ4v) is 1.35. The SMILES string of the molecule is [CH2]CCCOC(=O)c1cccs1. The number of ether oxygens (including phenoxy) is 1. The van der Waals surface area contributed by atoms with Crippen molar-refractivity contribution in [3.8, 4) is 0 Å². The summed E-state index contributed by atoms with van der Waals surface area (Å²) in [6, 6.07) is 3.60. The number of thiophene rings is 1. The molecular weight excluding hydrogens is 172 g/mol. The third-order valence-electron chi connectivity index (χ3n) is 1.35. The fraction of sp³-hybridized carbons (Fsp3) is 0.333. The first-order valence-electron chi connectivity index (χ1n) is 3.84. The molecule has 2 nitrogen and oxygen atoms in total. The zero-order valence-corrected chi connectivity index (χ0v) is 7.60. The molecule has 0 bridgehead atoms. The van der Waals surface area contributed by atoms with E-state index in [1.807, 2.05) is 11.4 Å². The van der Waals surface area contributed by atoms with Gasteiger partial charge in [-0.25, -0.2) is 4.79 Å². The molecule has 65 valence electrons. The van der Waals surface area contributed by atoms with Gasteiger partial charge in [0.25, 0.3) is 0 Å². The molecule has 0 aliphatic heterocycles. The molecule has 3 heteroatoms. The summed E-state index contributed by atoms with van der Waals surface area (Å²) in [6.07, 6.45) is 1.63. The van der Waals surface area contributed by atoms with Gasteiger partial charge in [-0.3, -0.25) is 0 Å². The first-order valence-corrected chi connectivity index (χ1v) is 4.72. The van der Waals surface area contributed by atoms with Crippen molar-refractivity contribution in [1.82, 2.24) is 0 Å². The Morgan fingerprint density at radius 2 is 2.50 bits per heavy atom. The number of unbranched alkanes of at least 4 members (excludes halogenated alkanes) is 1. The summed E-state index contributed by atoms with van der Waals surface area (Å²) in [6.45, 7) is 4.13. The van der Waals surface area contributed by atoms with Gasteiger partial charge in [-0.1, -0.05) is 19.4 Å². The topological polar surface area (TPSA) is 26.3 Å². The van der Waals surface area contributed by atoms with Crippen molar-refractivity contribution in [2.24, 2.45) is 0 Å². The summed E-state index contributed by atoms with van der Waals surface area (Å²) in [7, 11) is 0. The van der Waals surface area contributed by atoms with Gasteiger partial charge in [0.1, 0.15) is 4.88 Å². The van der Waals surface area contributed by atoms with E-state index in [0.29, 0.717) is 11.5 Å². The van der Waals surface area contributed by atoms with Gasteiger partial charge in [0.15, 0.2) is 0 Å². The molecule has 0 aliphatic rings. The van der Waals surface area contributed by atoms with Gasteiger partial charge in [-0.05, 0) is 17.9 Å². The third-order valence-corrected chi connectivity index (χ3v) is 2.20. The second kappa shape index (κ2) is 4.93. The van der Waals surface area contributed by atoms with Crippen molar-refractivity contribution in [2.75, 3.05) is 6.61 Å². The molecule has 0 spiro atoms. The lowest BCUT2D eigenvalue weighted by molar-refractivity contribution is 0.0507. The number of esters is 1. The highest BCUT2D eigenvalue weighted by Gasteiger charge is 2.06. The molecule has 12 heavy (non-hydrogen) atoms. The summed E-state index contributed by atoms with van der Waals surface area (Å²) in [4.78, 5) is 11.8. The summed E-state index contributed by atoms with van der Waals surface area (Å²) in [5, 5.41) is 1.86. The summed E-state index contributed by atoms with van der Waals surface area (Å²) >= 11 is 1.40. The van der Waals surface area contributed by atoms with Crippen molar-refractivity contribution in [1.29, 1.82) is 0 Å². The molecule has 1 rings (SSSR count). The number of carbonyl (C=O) groups is 1. The van der Waals surface area contributed by atoms with E-state index in [1.165, 1.54) is 11.3 Å². The van der Waals surface area contributed by atoms with Crippen LogP contribution in [0.4, 0.5) is 0 Å². The van der Waals surface area contributed by atoms with Crippen molar-refractivity contribution < 1.29 is 9.53 Å². The largest absolute Gasteiger partial charge is 0.462 e. The van der Waals surface area contributed by atoms with E-state index < -0.39 is 0 Å². The molecule has 0 amide bonds. The maximum absolute atomic E-state index is 11.1. The molecule has 0 N–H and O–H groups in total. The predicted octanol–water partition coefficient (Wildman–Crippen LogP) is 2.52. The van der Waals surface area contributed by atoms with Gasteiger partial charge in [0.2, 0.25) is 0 Å². The number of hydrogen-bond acceptors (Lipinski definition) is 3. The first-order chi connectivity index (χ1) is 5.84. The van der Waals surface area contributed by atoms with E-state index in [-0.39, 0.29) is 5.97 Å². The number of hydrogen-bond donors (Lipinski definition) is 0. The minimum Gasteiger partial charge on any atom is -0.462 e. The van der Waals surface area contributed by atoms with Gasteiger partial charge in [-0.15, -0.1) is 11.3 Å². The lowest BCUT2D eigenvalue weighted by atomic mass is 10.4. The Labute approximate surface area is 76.2 Å². The summed E-state index contributed by atoms with van der Waals surface area (Å²) in [5.74, 6) is -0.224. The summed E-state index contributed by atoms with van der Waals surface area (Å²) in [5.41, 5.74) is 0. The van der Waals surface area contributed by atoms with Crippen LogP contribution in [0.5, 0.6) is 0 Å². The molecule has 1 aromatic heterocycles. The Morgan fingerprint density at radius 3 is 3.08 bits per heavy atom. The molecule has 0 saturated carbocycles. The zero-order chi connectivity index (χ0) is 8.81. The van der Waals surface area contributed by atoms with E-state index in [4.69, 9.17) is 4.74 Å². The van der Waals surface area contributed by atoms with E-state index in [1.54, 1.807) is 6.07 Å². The fourth-order valence-electron chi connectivity index (χ4n) is 0.733. The van der Waals surface area contributed by atoms with Gasteiger partial charge in [0, 0.05) is 0 Å². The normalized spacial score (nSPS) is 9.75. The first kappa shape index (κ1) is 9.26. The number of carbonyl (C=O) groups excluding carboxylic acids is 1. The van der Waals surface area contributed by atoms with Crippen LogP contribution in [-0.2, 0) is 4.74 Å². The lowest BCUT2D eigenvalue weighted by Crippen LogP contribution is -2.03. The standard InChI is InChI=1S/C9H11O2S/c1-2-3-6-11-9(10)8-5-4-7-12-8/h4-5,7H,1-3,6H2. The molecule has 0 fully saturated rings. The molecule has 1 aromatic rings. The highest BCUT2D eigenvalue weighted by Crippen LogP contribution is 2.09. The Hall–Kier alpha value is -0.830. The van der Waals surface area contributed by atoms with Crippen LogP contribution in [0.1, 0.15) is 22.5 Å². The predicted molar refractivity (Wildman–Crippen MR) is 49.2 cm³/mol. The van der Waals surface area contributed by atoms with Gasteiger partial charge in [0.05, 0.1) is 6.61 Å². The molecule has 0 unspecified atom stereocenters. The van der Waals surface area contributed by atoms with Gasteiger partial charge in [-0.2, -0.15) is 0 Å². The number of rotatable bonds is 4. The molecule has 1 radical (unpaired) electrons. The second-order valence-electron chi connectivity index (χ2n) is 2.32. The highest BCUT2D eigenvalue weighted by molar-refractivity contribution is 7.11. The maximum atomic E-state index is 11.1. The van der Waals surface area contributed by atoms with E-state index >= 15 is 0 Å². The second-order valence-corrected chi connectivity index (χ2v) is 3.27. The van der Waals surface area contributed by atoms with E-state index in [0.717, 1.165) is 12.8 Å². The van der Waals surface area contributed by atoms with Crippen molar-refractivity contribution in [3.05, 3.63) is 29.3 Å². The monoisotopic (exact) mass is 183 g/mol. The molecule has 0 aliphatic carbocycles. The zero-order valence-electron chi connectivity index (χ0n) is 6.79. The molecule has 0 saturated heterocycles. The van der Waals surface area contributed by atoms with Crippen LogP contribution in [0, 0.1) is 6.92 Å². The Kier molecular flexibility index (Phi) is 3.80. The van der Waals surface area contributed by atoms with Gasteiger partial charge >= 0.3 is 5.97 Å². The van der Waals surface area contributed by atoms with Crippen molar-refractivity contribution in [2.45, 2.75) is 12.8 Å². The quantitative estimate of drug-likeness (QED) is 0.529. The van der Waals surface area contributed by atoms with Crippen LogP contribution in [0.15, 0.2) is 17.5 Å². The van der Waals surface area contributed by atoms with E-state index in [9.17, 15) is 4.79 Å². The average Bonchev–Trinajstić information content (AvgIpc) is 2.56. The van der Waals surface area contributed by atoms with Crippen LogP contribution in [-0.4, -0.2) is 12.6 Å². The Morgan fingerprint density at radius 1 is 1.67 bits per heavy atom.